The number of benzene rings is 1. The summed E-state index contributed by atoms with van der Waals surface area (Å²) in [5, 5.41) is 7.43. The molecule has 0 spiro atoms. The molecule has 1 heterocycles. The number of hydrogen-bond acceptors (Lipinski definition) is 2. The van der Waals surface area contributed by atoms with Crippen LogP contribution in [-0.2, 0) is 0 Å². The fourth-order valence-electron chi connectivity index (χ4n) is 1.59. The van der Waals surface area contributed by atoms with E-state index < -0.39 is 0 Å². The molecule has 0 bridgehead atoms. The van der Waals surface area contributed by atoms with Gasteiger partial charge in [-0.3, -0.25) is 0 Å². The molecule has 1 N–H and O–H groups in total. The van der Waals surface area contributed by atoms with Gasteiger partial charge in [-0.15, -0.1) is 0 Å². The highest BCUT2D eigenvalue weighted by atomic mass is 79.9. The minimum absolute atomic E-state index is 0.334. The fourth-order valence-corrected chi connectivity index (χ4v) is 2.30. The van der Waals surface area contributed by atoms with Gasteiger partial charge in [-0.2, -0.15) is 5.10 Å². The Morgan fingerprint density at radius 3 is 2.81 bits per heavy atom. The first-order valence-electron chi connectivity index (χ1n) is 5.19. The van der Waals surface area contributed by atoms with Gasteiger partial charge in [0.05, 0.1) is 5.69 Å². The van der Waals surface area contributed by atoms with E-state index in [-0.39, 0.29) is 0 Å². The van der Waals surface area contributed by atoms with Crippen LogP contribution in [0.2, 0.25) is 0 Å². The lowest BCUT2D eigenvalue weighted by Crippen LogP contribution is -2.13. The SMILES string of the molecule is CNC(C)c1ccc(-n2cccn2)cc1Br. The average molecular weight is 280 g/mol. The van der Waals surface area contributed by atoms with Crippen molar-refractivity contribution < 1.29 is 0 Å². The van der Waals surface area contributed by atoms with Gasteiger partial charge in [-0.05, 0) is 37.7 Å². The van der Waals surface area contributed by atoms with Gasteiger partial charge in [0, 0.05) is 22.9 Å². The van der Waals surface area contributed by atoms with Crippen LogP contribution in [0.4, 0.5) is 0 Å². The maximum absolute atomic E-state index is 4.20. The van der Waals surface area contributed by atoms with E-state index in [1.807, 2.05) is 24.0 Å². The highest BCUT2D eigenvalue weighted by Gasteiger charge is 2.08. The van der Waals surface area contributed by atoms with Gasteiger partial charge in [0.1, 0.15) is 0 Å². The van der Waals surface area contributed by atoms with E-state index in [0.29, 0.717) is 6.04 Å². The van der Waals surface area contributed by atoms with Crippen molar-refractivity contribution in [3.63, 3.8) is 0 Å². The molecule has 1 aromatic heterocycles. The lowest BCUT2D eigenvalue weighted by molar-refractivity contribution is 0.649. The Bertz CT molecular complexity index is 465. The maximum atomic E-state index is 4.20. The molecule has 1 atom stereocenters. The Hall–Kier alpha value is -1.13. The predicted molar refractivity (Wildman–Crippen MR) is 68.7 cm³/mol. The van der Waals surface area contributed by atoms with Crippen LogP contribution in [0.25, 0.3) is 5.69 Å². The minimum Gasteiger partial charge on any atom is -0.313 e. The zero-order chi connectivity index (χ0) is 11.5. The predicted octanol–water partition coefficient (Wildman–Crippen LogP) is 2.92. The molecule has 0 amide bonds. The van der Waals surface area contributed by atoms with Crippen molar-refractivity contribution in [2.45, 2.75) is 13.0 Å². The van der Waals surface area contributed by atoms with Crippen LogP contribution in [0.5, 0.6) is 0 Å². The van der Waals surface area contributed by atoms with E-state index in [9.17, 15) is 0 Å². The molecule has 0 aliphatic heterocycles. The van der Waals surface area contributed by atoms with Crippen LogP contribution < -0.4 is 5.32 Å². The molecule has 0 radical (unpaired) electrons. The van der Waals surface area contributed by atoms with E-state index in [4.69, 9.17) is 0 Å². The van der Waals surface area contributed by atoms with Crippen molar-refractivity contribution in [2.24, 2.45) is 0 Å². The molecular weight excluding hydrogens is 266 g/mol. The molecule has 2 aromatic rings. The first-order valence-corrected chi connectivity index (χ1v) is 5.98. The standard InChI is InChI=1S/C12H14BrN3/c1-9(14-2)11-5-4-10(8-12(11)13)16-7-3-6-15-16/h3-9,14H,1-2H3. The van der Waals surface area contributed by atoms with E-state index in [1.54, 1.807) is 6.20 Å². The average Bonchev–Trinajstić information content (AvgIpc) is 2.81. The molecule has 0 saturated carbocycles. The van der Waals surface area contributed by atoms with Gasteiger partial charge in [-0.25, -0.2) is 4.68 Å². The van der Waals surface area contributed by atoms with Crippen molar-refractivity contribution in [3.05, 3.63) is 46.7 Å². The maximum Gasteiger partial charge on any atom is 0.0656 e. The Kier molecular flexibility index (Phi) is 3.41. The molecule has 4 heteroatoms. The second kappa shape index (κ2) is 4.80. The van der Waals surface area contributed by atoms with Crippen molar-refractivity contribution >= 4 is 15.9 Å². The van der Waals surface area contributed by atoms with Crippen molar-refractivity contribution in [2.75, 3.05) is 7.05 Å². The van der Waals surface area contributed by atoms with Gasteiger partial charge in [-0.1, -0.05) is 22.0 Å². The van der Waals surface area contributed by atoms with Gasteiger partial charge in [0.2, 0.25) is 0 Å². The molecule has 2 rings (SSSR count). The zero-order valence-electron chi connectivity index (χ0n) is 9.31. The normalized spacial score (nSPS) is 12.7. The summed E-state index contributed by atoms with van der Waals surface area (Å²) < 4.78 is 2.95. The molecule has 3 nitrogen and oxygen atoms in total. The number of hydrogen-bond donors (Lipinski definition) is 1. The number of aromatic nitrogens is 2. The monoisotopic (exact) mass is 279 g/mol. The van der Waals surface area contributed by atoms with Crippen LogP contribution in [-0.4, -0.2) is 16.8 Å². The van der Waals surface area contributed by atoms with E-state index in [0.717, 1.165) is 10.2 Å². The summed E-state index contributed by atoms with van der Waals surface area (Å²) >= 11 is 3.59. The third-order valence-corrected chi connectivity index (χ3v) is 3.34. The lowest BCUT2D eigenvalue weighted by atomic mass is 10.1. The summed E-state index contributed by atoms with van der Waals surface area (Å²) in [7, 11) is 1.96. The van der Waals surface area contributed by atoms with Crippen LogP contribution in [0, 0.1) is 0 Å². The number of nitrogens with one attached hydrogen (secondary N) is 1. The van der Waals surface area contributed by atoms with E-state index in [2.05, 4.69) is 51.5 Å². The summed E-state index contributed by atoms with van der Waals surface area (Å²) in [5.74, 6) is 0. The number of rotatable bonds is 3. The molecule has 0 saturated heterocycles. The molecule has 84 valence electrons. The molecule has 0 aliphatic rings. The van der Waals surface area contributed by atoms with Crippen LogP contribution in [0.15, 0.2) is 41.1 Å². The summed E-state index contributed by atoms with van der Waals surface area (Å²) in [6, 6.07) is 8.51. The van der Waals surface area contributed by atoms with Gasteiger partial charge < -0.3 is 5.32 Å². The van der Waals surface area contributed by atoms with E-state index >= 15 is 0 Å². The topological polar surface area (TPSA) is 29.9 Å². The molecule has 0 fully saturated rings. The van der Waals surface area contributed by atoms with Crippen molar-refractivity contribution in [1.29, 1.82) is 0 Å². The van der Waals surface area contributed by atoms with Crippen LogP contribution in [0.1, 0.15) is 18.5 Å². The largest absolute Gasteiger partial charge is 0.313 e. The lowest BCUT2D eigenvalue weighted by Gasteiger charge is -2.13. The summed E-state index contributed by atoms with van der Waals surface area (Å²) in [6.07, 6.45) is 3.71. The van der Waals surface area contributed by atoms with E-state index in [1.165, 1.54) is 5.56 Å². The Morgan fingerprint density at radius 1 is 1.44 bits per heavy atom. The van der Waals surface area contributed by atoms with Crippen LogP contribution in [0.3, 0.4) is 0 Å². The minimum atomic E-state index is 0.334. The smallest absolute Gasteiger partial charge is 0.0656 e. The molecule has 0 aliphatic carbocycles. The summed E-state index contributed by atoms with van der Waals surface area (Å²) in [6.45, 7) is 2.13. The third kappa shape index (κ3) is 2.18. The second-order valence-corrected chi connectivity index (χ2v) is 4.52. The highest BCUT2D eigenvalue weighted by Crippen LogP contribution is 2.25. The Labute approximate surface area is 104 Å². The number of halogens is 1. The third-order valence-electron chi connectivity index (χ3n) is 2.65. The fraction of sp³-hybridized carbons (Fsp3) is 0.250. The van der Waals surface area contributed by atoms with Gasteiger partial charge >= 0.3 is 0 Å². The zero-order valence-corrected chi connectivity index (χ0v) is 10.9. The molecule has 1 unspecified atom stereocenters. The quantitative estimate of drug-likeness (QED) is 0.936. The van der Waals surface area contributed by atoms with Crippen LogP contribution >= 0.6 is 15.9 Å². The van der Waals surface area contributed by atoms with Gasteiger partial charge in [0.25, 0.3) is 0 Å². The summed E-state index contributed by atoms with van der Waals surface area (Å²) in [5.41, 5.74) is 2.31. The molecular formula is C12H14BrN3. The van der Waals surface area contributed by atoms with Crippen molar-refractivity contribution in [3.8, 4) is 5.69 Å². The first-order chi connectivity index (χ1) is 7.72. The molecule has 1 aromatic carbocycles. The number of nitrogens with zero attached hydrogens (tertiary/aromatic N) is 2. The molecule has 16 heavy (non-hydrogen) atoms. The van der Waals surface area contributed by atoms with Gasteiger partial charge in [0.15, 0.2) is 0 Å². The highest BCUT2D eigenvalue weighted by molar-refractivity contribution is 9.10. The Morgan fingerprint density at radius 2 is 2.25 bits per heavy atom. The first kappa shape index (κ1) is 11.4. The van der Waals surface area contributed by atoms with Crippen molar-refractivity contribution in [1.82, 2.24) is 15.1 Å². The summed E-state index contributed by atoms with van der Waals surface area (Å²) in [4.78, 5) is 0. The Balaban J connectivity index is 2.37. The second-order valence-electron chi connectivity index (χ2n) is 3.67.